The lowest BCUT2D eigenvalue weighted by Crippen LogP contribution is -2.53. The Morgan fingerprint density at radius 1 is 1.07 bits per heavy atom. The molecule has 0 spiro atoms. The van der Waals surface area contributed by atoms with Crippen LogP contribution in [0.4, 0.5) is 11.4 Å². The Kier molecular flexibility index (Phi) is 11.9. The van der Waals surface area contributed by atoms with E-state index < -0.39 is 39.3 Å². The van der Waals surface area contributed by atoms with Crippen molar-refractivity contribution in [3.05, 3.63) is 99.1 Å². The zero-order chi connectivity index (χ0) is 31.6. The van der Waals surface area contributed by atoms with Gasteiger partial charge in [-0.25, -0.2) is 8.42 Å². The number of amides is 2. The molecule has 0 aliphatic carbocycles. The molecule has 1 N–H and O–H groups in total. The van der Waals surface area contributed by atoms with Crippen molar-refractivity contribution in [1.29, 1.82) is 0 Å². The number of halogens is 1. The first-order chi connectivity index (χ1) is 20.5. The highest BCUT2D eigenvalue weighted by atomic mass is 35.5. The van der Waals surface area contributed by atoms with E-state index in [2.05, 4.69) is 5.32 Å². The molecule has 0 aromatic heterocycles. The molecule has 3 aromatic carbocycles. The van der Waals surface area contributed by atoms with E-state index in [0.717, 1.165) is 35.0 Å². The Labute approximate surface area is 256 Å². The normalized spacial score (nSPS) is 11.8. The first-order valence-corrected chi connectivity index (χ1v) is 15.8. The maximum absolute atomic E-state index is 14.2. The van der Waals surface area contributed by atoms with Gasteiger partial charge in [0.1, 0.15) is 24.0 Å². The molecule has 3 rings (SSSR count). The van der Waals surface area contributed by atoms with Crippen LogP contribution in [0.1, 0.15) is 30.9 Å². The quantitative estimate of drug-likeness (QED) is 0.147. The van der Waals surface area contributed by atoms with E-state index in [1.165, 1.54) is 24.1 Å². The van der Waals surface area contributed by atoms with E-state index in [-0.39, 0.29) is 30.1 Å². The van der Waals surface area contributed by atoms with Crippen LogP contribution in [-0.2, 0) is 32.6 Å². The number of anilines is 1. The molecule has 0 fully saturated rings. The molecule has 0 aliphatic heterocycles. The fraction of sp³-hybridized carbons (Fsp3) is 0.333. The van der Waals surface area contributed by atoms with E-state index in [4.69, 9.17) is 16.3 Å². The molecule has 2 amide bonds. The van der Waals surface area contributed by atoms with Gasteiger partial charge in [0, 0.05) is 36.7 Å². The summed E-state index contributed by atoms with van der Waals surface area (Å²) in [6.45, 7) is 1.53. The fourth-order valence-electron chi connectivity index (χ4n) is 4.45. The molecule has 43 heavy (non-hydrogen) atoms. The monoisotopic (exact) mass is 630 g/mol. The minimum atomic E-state index is -4.17. The van der Waals surface area contributed by atoms with Gasteiger partial charge in [0.25, 0.3) is 5.69 Å². The van der Waals surface area contributed by atoms with Crippen LogP contribution in [-0.4, -0.2) is 62.6 Å². The summed E-state index contributed by atoms with van der Waals surface area (Å²) in [5.74, 6) is -1.11. The number of sulfonamides is 1. The number of carbonyl (C=O) groups excluding carboxylic acids is 2. The molecule has 11 nitrogen and oxygen atoms in total. The standard InChI is InChI=1S/C30H35ClN4O7S/c1-4-5-17-32-30(37)27(18-22-11-7-6-8-12-22)33(20-23-13-9-10-14-25(23)31)29(36)21-34(43(3,40)41)26-19-24(35(38)39)15-16-28(26)42-2/h6-16,19,27H,4-5,17-18,20-21H2,1-3H3,(H,32,37)/t27-/m1/s1. The van der Waals surface area contributed by atoms with Crippen molar-refractivity contribution in [3.63, 3.8) is 0 Å². The number of rotatable bonds is 15. The number of carbonyl (C=O) groups is 2. The summed E-state index contributed by atoms with van der Waals surface area (Å²) in [4.78, 5) is 40.0. The van der Waals surface area contributed by atoms with Crippen molar-refractivity contribution in [1.82, 2.24) is 10.2 Å². The Morgan fingerprint density at radius 3 is 2.35 bits per heavy atom. The number of benzene rings is 3. The summed E-state index contributed by atoms with van der Waals surface area (Å²) >= 11 is 6.46. The van der Waals surface area contributed by atoms with E-state index in [1.807, 2.05) is 37.3 Å². The second-order valence-electron chi connectivity index (χ2n) is 9.85. The molecule has 0 bridgehead atoms. The summed E-state index contributed by atoms with van der Waals surface area (Å²) in [6.07, 6.45) is 2.61. The molecule has 0 aliphatic rings. The number of methoxy groups -OCH3 is 1. The zero-order valence-electron chi connectivity index (χ0n) is 24.2. The topological polar surface area (TPSA) is 139 Å². The second-order valence-corrected chi connectivity index (χ2v) is 12.2. The predicted molar refractivity (Wildman–Crippen MR) is 166 cm³/mol. The smallest absolute Gasteiger partial charge is 0.271 e. The predicted octanol–water partition coefficient (Wildman–Crippen LogP) is 4.58. The number of unbranched alkanes of at least 4 members (excludes halogenated alkanes) is 1. The van der Waals surface area contributed by atoms with E-state index in [0.29, 0.717) is 17.1 Å². The van der Waals surface area contributed by atoms with Crippen molar-refractivity contribution in [2.45, 2.75) is 38.8 Å². The lowest BCUT2D eigenvalue weighted by atomic mass is 10.0. The van der Waals surface area contributed by atoms with Gasteiger partial charge in [0.05, 0.1) is 18.3 Å². The SMILES string of the molecule is CCCCNC(=O)[C@@H](Cc1ccccc1)N(Cc1ccccc1Cl)C(=O)CN(c1cc([N+](=O)[O-])ccc1OC)S(C)(=O)=O. The third-order valence-electron chi connectivity index (χ3n) is 6.72. The number of nitro benzene ring substituents is 1. The molecule has 0 radical (unpaired) electrons. The maximum atomic E-state index is 14.2. The highest BCUT2D eigenvalue weighted by Crippen LogP contribution is 2.34. The van der Waals surface area contributed by atoms with Gasteiger partial charge in [-0.05, 0) is 29.7 Å². The molecule has 1 atom stereocenters. The van der Waals surface area contributed by atoms with Crippen LogP contribution in [0.3, 0.4) is 0 Å². The summed E-state index contributed by atoms with van der Waals surface area (Å²) < 4.78 is 32.1. The average Bonchev–Trinajstić information content (AvgIpc) is 2.98. The van der Waals surface area contributed by atoms with Crippen LogP contribution >= 0.6 is 11.6 Å². The summed E-state index contributed by atoms with van der Waals surface area (Å²) in [7, 11) is -2.88. The molecule has 230 valence electrons. The van der Waals surface area contributed by atoms with Crippen molar-refractivity contribution in [2.75, 3.05) is 30.8 Å². The highest BCUT2D eigenvalue weighted by molar-refractivity contribution is 7.92. The number of nitrogens with zero attached hydrogens (tertiary/aromatic N) is 3. The Morgan fingerprint density at radius 2 is 1.74 bits per heavy atom. The second kappa shape index (κ2) is 15.4. The van der Waals surface area contributed by atoms with Crippen LogP contribution in [0.15, 0.2) is 72.8 Å². The number of hydrogen-bond donors (Lipinski definition) is 1. The number of nitro groups is 1. The first kappa shape index (κ1) is 33.3. The summed E-state index contributed by atoms with van der Waals surface area (Å²) in [5.41, 5.74) is 0.769. The van der Waals surface area contributed by atoms with E-state index in [9.17, 15) is 28.1 Å². The van der Waals surface area contributed by atoms with Gasteiger partial charge in [-0.1, -0.05) is 73.5 Å². The zero-order valence-corrected chi connectivity index (χ0v) is 25.8. The minimum absolute atomic E-state index is 0.0135. The van der Waals surface area contributed by atoms with Crippen molar-refractivity contribution < 1.29 is 27.7 Å². The summed E-state index contributed by atoms with van der Waals surface area (Å²) in [6, 6.07) is 18.4. The molecule has 13 heteroatoms. The van der Waals surface area contributed by atoms with Gasteiger partial charge in [0.2, 0.25) is 21.8 Å². The molecule has 0 unspecified atom stereocenters. The molecule has 3 aromatic rings. The van der Waals surface area contributed by atoms with Crippen molar-refractivity contribution in [3.8, 4) is 5.75 Å². The van der Waals surface area contributed by atoms with Crippen LogP contribution in [0.5, 0.6) is 5.75 Å². The molecule has 0 saturated heterocycles. The average molecular weight is 631 g/mol. The molecule has 0 heterocycles. The first-order valence-electron chi connectivity index (χ1n) is 13.6. The fourth-order valence-corrected chi connectivity index (χ4v) is 5.49. The van der Waals surface area contributed by atoms with Gasteiger partial charge in [-0.3, -0.25) is 24.0 Å². The third-order valence-corrected chi connectivity index (χ3v) is 8.22. The van der Waals surface area contributed by atoms with Crippen LogP contribution in [0.25, 0.3) is 0 Å². The van der Waals surface area contributed by atoms with Crippen molar-refractivity contribution in [2.24, 2.45) is 0 Å². The van der Waals surface area contributed by atoms with Gasteiger partial charge in [0.15, 0.2) is 0 Å². The largest absolute Gasteiger partial charge is 0.495 e. The lowest BCUT2D eigenvalue weighted by molar-refractivity contribution is -0.384. The third kappa shape index (κ3) is 9.16. The van der Waals surface area contributed by atoms with Gasteiger partial charge < -0.3 is 15.0 Å². The molecular weight excluding hydrogens is 596 g/mol. The summed E-state index contributed by atoms with van der Waals surface area (Å²) in [5, 5.41) is 14.8. The number of ether oxygens (including phenoxy) is 1. The van der Waals surface area contributed by atoms with Crippen LogP contribution in [0, 0.1) is 10.1 Å². The van der Waals surface area contributed by atoms with Gasteiger partial charge in [-0.15, -0.1) is 0 Å². The molecular formula is C30H35ClN4O7S. The number of nitrogens with one attached hydrogen (secondary N) is 1. The Hall–Kier alpha value is -4.16. The van der Waals surface area contributed by atoms with E-state index in [1.54, 1.807) is 24.3 Å². The number of hydrogen-bond acceptors (Lipinski definition) is 7. The van der Waals surface area contributed by atoms with E-state index >= 15 is 0 Å². The van der Waals surface area contributed by atoms with Gasteiger partial charge >= 0.3 is 0 Å². The van der Waals surface area contributed by atoms with Crippen LogP contribution in [0.2, 0.25) is 5.02 Å². The Bertz CT molecular complexity index is 1540. The lowest BCUT2D eigenvalue weighted by Gasteiger charge is -2.34. The van der Waals surface area contributed by atoms with Gasteiger partial charge in [-0.2, -0.15) is 0 Å². The molecule has 0 saturated carbocycles. The Balaban J connectivity index is 2.12. The minimum Gasteiger partial charge on any atom is -0.495 e. The van der Waals surface area contributed by atoms with Crippen LogP contribution < -0.4 is 14.4 Å². The van der Waals surface area contributed by atoms with Crippen molar-refractivity contribution >= 4 is 44.8 Å². The maximum Gasteiger partial charge on any atom is 0.271 e. The highest BCUT2D eigenvalue weighted by Gasteiger charge is 2.34. The number of non-ortho nitro benzene ring substituents is 1.